The van der Waals surface area contributed by atoms with Crippen LogP contribution in [0, 0.1) is 11.8 Å². The third-order valence-electron chi connectivity index (χ3n) is 3.24. The van der Waals surface area contributed by atoms with Gasteiger partial charge in [-0.05, 0) is 38.5 Å². The molecule has 0 aromatic rings. The van der Waals surface area contributed by atoms with Crippen molar-refractivity contribution in [2.45, 2.75) is 73.1 Å². The molecule has 0 fully saturated rings. The highest BCUT2D eigenvalue weighted by molar-refractivity contribution is 5.85. The molecule has 0 aliphatic carbocycles. The summed E-state index contributed by atoms with van der Waals surface area (Å²) in [6, 6.07) is 0. The molecule has 1 heteroatoms. The average Bonchev–Trinajstić information content (AvgIpc) is 2.17. The van der Waals surface area contributed by atoms with Crippen LogP contribution < -0.4 is 0 Å². The Morgan fingerprint density at radius 3 is 2.06 bits per heavy atom. The first-order valence-corrected chi connectivity index (χ1v) is 6.68. The quantitative estimate of drug-likeness (QED) is 0.460. The van der Waals surface area contributed by atoms with Crippen molar-refractivity contribution in [2.75, 3.05) is 0 Å². The molecule has 0 aromatic carbocycles. The van der Waals surface area contributed by atoms with Crippen LogP contribution in [-0.4, -0.2) is 0 Å². The molecule has 1 atom stereocenters. The van der Waals surface area contributed by atoms with E-state index in [4.69, 9.17) is 0 Å². The molecule has 1 unspecified atom stereocenters. The lowest BCUT2D eigenvalue weighted by Gasteiger charge is -2.12. The molecule has 0 saturated heterocycles. The van der Waals surface area contributed by atoms with Gasteiger partial charge < -0.3 is 0 Å². The van der Waals surface area contributed by atoms with Crippen molar-refractivity contribution in [3.63, 3.8) is 0 Å². The third-order valence-corrected chi connectivity index (χ3v) is 3.24. The lowest BCUT2D eigenvalue weighted by atomic mass is 9.94. The number of allylic oxidation sites excluding steroid dienone is 2. The topological polar surface area (TPSA) is 0 Å². The van der Waals surface area contributed by atoms with Crippen molar-refractivity contribution in [3.8, 4) is 0 Å². The van der Waals surface area contributed by atoms with E-state index in [9.17, 15) is 0 Å². The van der Waals surface area contributed by atoms with Crippen molar-refractivity contribution < 1.29 is 0 Å². The number of rotatable bonds is 8. The predicted molar refractivity (Wildman–Crippen MR) is 78.4 cm³/mol. The van der Waals surface area contributed by atoms with Gasteiger partial charge in [-0.25, -0.2) is 0 Å². The normalized spacial score (nSPS) is 13.8. The summed E-state index contributed by atoms with van der Waals surface area (Å²) >= 11 is 0. The molecular formula is C15H31Cl. The number of halogens is 1. The molecule has 0 radical (unpaired) electrons. The summed E-state index contributed by atoms with van der Waals surface area (Å²) in [4.78, 5) is 0. The fourth-order valence-corrected chi connectivity index (χ4v) is 1.89. The molecule has 16 heavy (non-hydrogen) atoms. The molecule has 0 aliphatic heterocycles. The number of hydrogen-bond acceptors (Lipinski definition) is 0. The molecule has 0 bridgehead atoms. The van der Waals surface area contributed by atoms with Gasteiger partial charge in [-0.3, -0.25) is 0 Å². The Morgan fingerprint density at radius 2 is 1.56 bits per heavy atom. The first kappa shape index (κ1) is 18.4. The SMILES string of the molecule is CC=C(C)CCCC(C)CCCC(C)C.Cl. The molecule has 0 aromatic heterocycles. The van der Waals surface area contributed by atoms with E-state index < -0.39 is 0 Å². The minimum atomic E-state index is 0. The largest absolute Gasteiger partial charge is 0.147 e. The average molecular weight is 247 g/mol. The van der Waals surface area contributed by atoms with Crippen LogP contribution in [0.5, 0.6) is 0 Å². The Morgan fingerprint density at radius 1 is 1.00 bits per heavy atom. The summed E-state index contributed by atoms with van der Waals surface area (Å²) in [6.45, 7) is 11.4. The summed E-state index contributed by atoms with van der Waals surface area (Å²) in [5, 5.41) is 0. The molecule has 0 nitrogen and oxygen atoms in total. The summed E-state index contributed by atoms with van der Waals surface area (Å²) in [7, 11) is 0. The Hall–Kier alpha value is 0.0300. The lowest BCUT2D eigenvalue weighted by Crippen LogP contribution is -1.97. The van der Waals surface area contributed by atoms with Crippen LogP contribution in [0.25, 0.3) is 0 Å². The fourth-order valence-electron chi connectivity index (χ4n) is 1.89. The van der Waals surface area contributed by atoms with Crippen LogP contribution in [0.2, 0.25) is 0 Å². The van der Waals surface area contributed by atoms with Crippen LogP contribution in [0.4, 0.5) is 0 Å². The van der Waals surface area contributed by atoms with Gasteiger partial charge in [0.2, 0.25) is 0 Å². The van der Waals surface area contributed by atoms with Crippen molar-refractivity contribution >= 4 is 12.4 Å². The van der Waals surface area contributed by atoms with E-state index in [1.807, 2.05) is 0 Å². The smallest absolute Gasteiger partial charge is 0.0323 e. The van der Waals surface area contributed by atoms with E-state index in [2.05, 4.69) is 40.7 Å². The zero-order valence-corrected chi connectivity index (χ0v) is 12.7. The van der Waals surface area contributed by atoms with Gasteiger partial charge in [0.15, 0.2) is 0 Å². The zero-order valence-electron chi connectivity index (χ0n) is 11.9. The molecule has 98 valence electrons. The summed E-state index contributed by atoms with van der Waals surface area (Å²) in [6.07, 6.45) is 10.6. The second-order valence-corrected chi connectivity index (χ2v) is 5.46. The van der Waals surface area contributed by atoms with Crippen LogP contribution in [0.3, 0.4) is 0 Å². The van der Waals surface area contributed by atoms with Gasteiger partial charge >= 0.3 is 0 Å². The minimum absolute atomic E-state index is 0. The first-order chi connectivity index (χ1) is 7.06. The van der Waals surface area contributed by atoms with Crippen molar-refractivity contribution in [3.05, 3.63) is 11.6 Å². The van der Waals surface area contributed by atoms with Crippen LogP contribution in [0.15, 0.2) is 11.6 Å². The van der Waals surface area contributed by atoms with Gasteiger partial charge in [-0.2, -0.15) is 0 Å². The van der Waals surface area contributed by atoms with Gasteiger partial charge in [-0.15, -0.1) is 12.4 Å². The van der Waals surface area contributed by atoms with E-state index in [-0.39, 0.29) is 12.4 Å². The van der Waals surface area contributed by atoms with E-state index in [0.717, 1.165) is 11.8 Å². The van der Waals surface area contributed by atoms with Crippen LogP contribution in [-0.2, 0) is 0 Å². The van der Waals surface area contributed by atoms with Crippen molar-refractivity contribution in [1.82, 2.24) is 0 Å². The van der Waals surface area contributed by atoms with E-state index in [1.54, 1.807) is 5.57 Å². The van der Waals surface area contributed by atoms with E-state index >= 15 is 0 Å². The molecule has 0 N–H and O–H groups in total. The maximum absolute atomic E-state index is 2.41. The zero-order chi connectivity index (χ0) is 11.7. The van der Waals surface area contributed by atoms with Gasteiger partial charge in [0.25, 0.3) is 0 Å². The molecule has 0 rings (SSSR count). The first-order valence-electron chi connectivity index (χ1n) is 6.68. The van der Waals surface area contributed by atoms with Gasteiger partial charge in [0.05, 0.1) is 0 Å². The highest BCUT2D eigenvalue weighted by Gasteiger charge is 2.03. The van der Waals surface area contributed by atoms with Gasteiger partial charge in [0.1, 0.15) is 0 Å². The standard InChI is InChI=1S/C15H30.ClH/c1-6-14(4)10-8-12-15(5)11-7-9-13(2)3;/h6,13,15H,7-12H2,1-5H3;1H. The molecule has 0 aliphatic rings. The highest BCUT2D eigenvalue weighted by Crippen LogP contribution is 2.18. The summed E-state index contributed by atoms with van der Waals surface area (Å²) < 4.78 is 0. The maximum Gasteiger partial charge on any atom is -0.0323 e. The van der Waals surface area contributed by atoms with Gasteiger partial charge in [-0.1, -0.05) is 58.1 Å². The lowest BCUT2D eigenvalue weighted by molar-refractivity contribution is 0.427. The van der Waals surface area contributed by atoms with Gasteiger partial charge in [0, 0.05) is 0 Å². The monoisotopic (exact) mass is 246 g/mol. The summed E-state index contributed by atoms with van der Waals surface area (Å²) in [5.41, 5.74) is 1.55. The number of hydrogen-bond donors (Lipinski definition) is 0. The second-order valence-electron chi connectivity index (χ2n) is 5.46. The van der Waals surface area contributed by atoms with Crippen LogP contribution in [0.1, 0.15) is 73.1 Å². The molecule has 0 heterocycles. The highest BCUT2D eigenvalue weighted by atomic mass is 35.5. The Balaban J connectivity index is 0. The summed E-state index contributed by atoms with van der Waals surface area (Å²) in [5.74, 6) is 1.80. The molecular weight excluding hydrogens is 216 g/mol. The van der Waals surface area contributed by atoms with E-state index in [1.165, 1.54) is 38.5 Å². The second kappa shape index (κ2) is 11.5. The van der Waals surface area contributed by atoms with Crippen molar-refractivity contribution in [2.24, 2.45) is 11.8 Å². The van der Waals surface area contributed by atoms with Crippen molar-refractivity contribution in [1.29, 1.82) is 0 Å². The predicted octanol–water partition coefficient (Wildman–Crippen LogP) is 6.01. The molecule has 0 spiro atoms. The Bertz CT molecular complexity index is 170. The minimum Gasteiger partial charge on any atom is -0.147 e. The van der Waals surface area contributed by atoms with Crippen LogP contribution >= 0.6 is 12.4 Å². The Labute approximate surface area is 109 Å². The fraction of sp³-hybridized carbons (Fsp3) is 0.867. The molecule has 0 saturated carbocycles. The Kier molecular flexibility index (Phi) is 13.2. The third kappa shape index (κ3) is 12.1. The molecule has 0 amide bonds. The van der Waals surface area contributed by atoms with E-state index in [0.29, 0.717) is 0 Å². The maximum atomic E-state index is 2.41.